The molecule has 3 nitrogen and oxygen atoms in total. The van der Waals surface area contributed by atoms with Crippen LogP contribution in [0.15, 0.2) is 0 Å². The van der Waals surface area contributed by atoms with Crippen molar-refractivity contribution in [3.05, 3.63) is 0 Å². The summed E-state index contributed by atoms with van der Waals surface area (Å²) < 4.78 is 0. The second kappa shape index (κ2) is 12.4. The van der Waals surface area contributed by atoms with Crippen LogP contribution in [-0.4, -0.2) is 52.4 Å². The zero-order valence-electron chi connectivity index (χ0n) is 12.9. The molecule has 0 amide bonds. The van der Waals surface area contributed by atoms with E-state index in [-0.39, 0.29) is 25.2 Å². The zero-order valence-corrected chi connectivity index (χ0v) is 15.6. The molecule has 6 heteroatoms. The van der Waals surface area contributed by atoms with Gasteiger partial charge in [-0.2, -0.15) is 37.9 Å². The van der Waals surface area contributed by atoms with Gasteiger partial charge >= 0.3 is 0 Å². The van der Waals surface area contributed by atoms with Crippen molar-refractivity contribution < 1.29 is 15.3 Å². The van der Waals surface area contributed by atoms with Crippen LogP contribution in [-0.2, 0) is 0 Å². The van der Waals surface area contributed by atoms with Crippen LogP contribution in [0.3, 0.4) is 0 Å². The van der Waals surface area contributed by atoms with Crippen LogP contribution in [0.5, 0.6) is 0 Å². The number of hydrogen-bond acceptors (Lipinski definition) is 6. The summed E-state index contributed by atoms with van der Waals surface area (Å²) in [5.41, 5.74) is -0.786. The SMILES string of the molecule is OCC(CO)(CO)CC(CCCS)(CCCS)CCCS. The maximum atomic E-state index is 9.65. The van der Waals surface area contributed by atoms with Gasteiger partial charge in [0.1, 0.15) is 0 Å². The van der Waals surface area contributed by atoms with E-state index < -0.39 is 5.41 Å². The molecule has 3 N–H and O–H groups in total. The highest BCUT2D eigenvalue weighted by Crippen LogP contribution is 2.45. The molecule has 0 aromatic heterocycles. The third-order valence-electron chi connectivity index (χ3n) is 4.35. The smallest absolute Gasteiger partial charge is 0.0531 e. The molecule has 21 heavy (non-hydrogen) atoms. The van der Waals surface area contributed by atoms with Crippen molar-refractivity contribution in [3.8, 4) is 0 Å². The summed E-state index contributed by atoms with van der Waals surface area (Å²) in [6.45, 7) is -0.570. The molecule has 0 aliphatic carbocycles. The largest absolute Gasteiger partial charge is 0.396 e. The van der Waals surface area contributed by atoms with Crippen LogP contribution >= 0.6 is 37.9 Å². The molecule has 0 aliphatic rings. The van der Waals surface area contributed by atoms with Crippen LogP contribution in [0.2, 0.25) is 0 Å². The first-order chi connectivity index (χ1) is 10.1. The van der Waals surface area contributed by atoms with E-state index in [1.54, 1.807) is 0 Å². The zero-order chi connectivity index (χ0) is 16.2. The lowest BCUT2D eigenvalue weighted by molar-refractivity contribution is -0.0382. The Morgan fingerprint density at radius 2 is 0.905 bits per heavy atom. The van der Waals surface area contributed by atoms with Gasteiger partial charge < -0.3 is 15.3 Å². The Morgan fingerprint density at radius 1 is 0.571 bits per heavy atom. The fourth-order valence-electron chi connectivity index (χ4n) is 3.12. The normalized spacial score (nSPS) is 12.9. The van der Waals surface area contributed by atoms with Gasteiger partial charge in [-0.3, -0.25) is 0 Å². The lowest BCUT2D eigenvalue weighted by Crippen LogP contribution is -2.40. The number of aliphatic hydroxyl groups excluding tert-OH is 3. The summed E-state index contributed by atoms with van der Waals surface area (Å²) in [7, 11) is 0. The van der Waals surface area contributed by atoms with Gasteiger partial charge in [-0.05, 0) is 67.6 Å². The van der Waals surface area contributed by atoms with E-state index >= 15 is 0 Å². The minimum atomic E-state index is -0.802. The molecule has 0 fully saturated rings. The van der Waals surface area contributed by atoms with E-state index in [0.29, 0.717) is 6.42 Å². The summed E-state index contributed by atoms with van der Waals surface area (Å²) in [5, 5.41) is 29.0. The fraction of sp³-hybridized carbons (Fsp3) is 1.00. The topological polar surface area (TPSA) is 60.7 Å². The first-order valence-electron chi connectivity index (χ1n) is 7.73. The molecule has 0 bridgehead atoms. The molecule has 0 spiro atoms. The summed E-state index contributed by atoms with van der Waals surface area (Å²) in [4.78, 5) is 0. The average Bonchev–Trinajstić information content (AvgIpc) is 2.54. The van der Waals surface area contributed by atoms with Crippen molar-refractivity contribution in [2.24, 2.45) is 10.8 Å². The van der Waals surface area contributed by atoms with Crippen LogP contribution < -0.4 is 0 Å². The highest BCUT2D eigenvalue weighted by Gasteiger charge is 2.39. The third-order valence-corrected chi connectivity index (χ3v) is 5.30. The van der Waals surface area contributed by atoms with Crippen molar-refractivity contribution in [3.63, 3.8) is 0 Å². The summed E-state index contributed by atoms with van der Waals surface area (Å²) in [6, 6.07) is 0. The van der Waals surface area contributed by atoms with E-state index in [2.05, 4.69) is 37.9 Å². The van der Waals surface area contributed by atoms with E-state index in [4.69, 9.17) is 0 Å². The van der Waals surface area contributed by atoms with E-state index in [1.165, 1.54) is 0 Å². The molecule has 0 heterocycles. The van der Waals surface area contributed by atoms with Gasteiger partial charge in [0.15, 0.2) is 0 Å². The Hall–Kier alpha value is 0.930. The maximum absolute atomic E-state index is 9.65. The summed E-state index contributed by atoms with van der Waals surface area (Å²) >= 11 is 12.9. The predicted octanol–water partition coefficient (Wildman–Crippen LogP) is 2.46. The molecule has 0 unspecified atom stereocenters. The van der Waals surface area contributed by atoms with Crippen molar-refractivity contribution in [2.45, 2.75) is 44.9 Å². The van der Waals surface area contributed by atoms with Gasteiger partial charge in [-0.15, -0.1) is 0 Å². The third kappa shape index (κ3) is 7.84. The van der Waals surface area contributed by atoms with Gasteiger partial charge in [0, 0.05) is 5.41 Å². The Bertz CT molecular complexity index is 218. The molecular formula is C15H32O3S3. The molecule has 0 aromatic carbocycles. The Labute approximate surface area is 146 Å². The molecule has 0 saturated heterocycles. The number of rotatable bonds is 14. The van der Waals surface area contributed by atoms with Crippen LogP contribution in [0.25, 0.3) is 0 Å². The average molecular weight is 357 g/mol. The van der Waals surface area contributed by atoms with Crippen LogP contribution in [0.4, 0.5) is 0 Å². The summed E-state index contributed by atoms with van der Waals surface area (Å²) in [6.07, 6.45) is 6.64. The molecule has 0 aromatic rings. The fourth-order valence-corrected chi connectivity index (χ4v) is 3.59. The van der Waals surface area contributed by atoms with Gasteiger partial charge in [0.2, 0.25) is 0 Å². The molecule has 128 valence electrons. The molecule has 0 rings (SSSR count). The Kier molecular flexibility index (Phi) is 12.9. The van der Waals surface area contributed by atoms with Crippen LogP contribution in [0, 0.1) is 10.8 Å². The molecule has 0 saturated carbocycles. The monoisotopic (exact) mass is 356 g/mol. The van der Waals surface area contributed by atoms with Gasteiger partial charge in [0.25, 0.3) is 0 Å². The van der Waals surface area contributed by atoms with Crippen LogP contribution in [0.1, 0.15) is 44.9 Å². The Balaban J connectivity index is 5.17. The van der Waals surface area contributed by atoms with Crippen molar-refractivity contribution in [1.29, 1.82) is 0 Å². The quantitative estimate of drug-likeness (QED) is 0.271. The van der Waals surface area contributed by atoms with Crippen molar-refractivity contribution >= 4 is 37.9 Å². The van der Waals surface area contributed by atoms with E-state index in [0.717, 1.165) is 55.8 Å². The minimum absolute atomic E-state index is 0.0162. The highest BCUT2D eigenvalue weighted by atomic mass is 32.1. The van der Waals surface area contributed by atoms with Gasteiger partial charge in [-0.1, -0.05) is 0 Å². The lowest BCUT2D eigenvalue weighted by Gasteiger charge is -2.42. The second-order valence-electron chi connectivity index (χ2n) is 6.13. The molecule has 0 atom stereocenters. The first kappa shape index (κ1) is 21.9. The Morgan fingerprint density at radius 3 is 1.14 bits per heavy atom. The van der Waals surface area contributed by atoms with Gasteiger partial charge in [0.05, 0.1) is 19.8 Å². The second-order valence-corrected chi connectivity index (χ2v) is 7.47. The summed E-state index contributed by atoms with van der Waals surface area (Å²) in [5.74, 6) is 2.48. The molecule has 0 radical (unpaired) electrons. The molecule has 0 aliphatic heterocycles. The number of hydrogen-bond donors (Lipinski definition) is 6. The number of thiol groups is 3. The first-order valence-corrected chi connectivity index (χ1v) is 9.62. The maximum Gasteiger partial charge on any atom is 0.0531 e. The highest BCUT2D eigenvalue weighted by molar-refractivity contribution is 7.80. The van der Waals surface area contributed by atoms with Crippen molar-refractivity contribution in [1.82, 2.24) is 0 Å². The van der Waals surface area contributed by atoms with Gasteiger partial charge in [-0.25, -0.2) is 0 Å². The lowest BCUT2D eigenvalue weighted by atomic mass is 9.65. The van der Waals surface area contributed by atoms with E-state index in [9.17, 15) is 15.3 Å². The standard InChI is InChI=1S/C15H32O3S3/c16-11-15(12-17,13-18)10-14(4-1-7-19,5-2-8-20)6-3-9-21/h16-21H,1-13H2. The predicted molar refractivity (Wildman–Crippen MR) is 100 cm³/mol. The minimum Gasteiger partial charge on any atom is -0.396 e. The number of aliphatic hydroxyl groups is 3. The van der Waals surface area contributed by atoms with Crippen molar-refractivity contribution in [2.75, 3.05) is 37.1 Å². The molecular weight excluding hydrogens is 324 g/mol. The van der Waals surface area contributed by atoms with E-state index in [1.807, 2.05) is 0 Å².